The zero-order chi connectivity index (χ0) is 21.2. The summed E-state index contributed by atoms with van der Waals surface area (Å²) >= 11 is 0. The highest BCUT2D eigenvalue weighted by atomic mass is 16.4. The number of fused-ring (bicyclic) bond motifs is 1. The number of benzene rings is 1. The molecule has 4 aromatic rings. The largest absolute Gasteiger partial charge is 0.420 e. The third kappa shape index (κ3) is 4.05. The molecular formula is C23H24N6O2. The van der Waals surface area contributed by atoms with Crippen LogP contribution in [-0.2, 0) is 11.3 Å². The van der Waals surface area contributed by atoms with E-state index in [2.05, 4.69) is 20.2 Å². The van der Waals surface area contributed by atoms with Crippen LogP contribution < -0.4 is 0 Å². The summed E-state index contributed by atoms with van der Waals surface area (Å²) in [6, 6.07) is 11.8. The van der Waals surface area contributed by atoms with E-state index in [1.807, 2.05) is 52.8 Å². The maximum absolute atomic E-state index is 12.9. The van der Waals surface area contributed by atoms with Crippen molar-refractivity contribution in [3.8, 4) is 11.5 Å². The second-order valence-corrected chi connectivity index (χ2v) is 7.99. The predicted molar refractivity (Wildman–Crippen MR) is 115 cm³/mol. The molecule has 1 aromatic carbocycles. The smallest absolute Gasteiger partial charge is 0.249 e. The first kappa shape index (κ1) is 19.4. The molecule has 0 bridgehead atoms. The Kier molecular flexibility index (Phi) is 5.19. The summed E-state index contributed by atoms with van der Waals surface area (Å²) in [6.45, 7) is 3.93. The molecule has 1 fully saturated rings. The van der Waals surface area contributed by atoms with Gasteiger partial charge in [0.25, 0.3) is 0 Å². The molecule has 158 valence electrons. The number of hydrogen-bond donors (Lipinski definition) is 0. The number of amides is 1. The molecule has 4 heterocycles. The van der Waals surface area contributed by atoms with Gasteiger partial charge in [-0.2, -0.15) is 0 Å². The summed E-state index contributed by atoms with van der Waals surface area (Å²) in [4.78, 5) is 23.5. The fraction of sp³-hybridized carbons (Fsp3) is 0.348. The molecule has 8 heteroatoms. The van der Waals surface area contributed by atoms with Crippen LogP contribution in [0.1, 0.15) is 36.8 Å². The van der Waals surface area contributed by atoms with Crippen LogP contribution in [0.5, 0.6) is 0 Å². The first-order chi connectivity index (χ1) is 15.2. The number of carbonyl (C=O) groups excluding carboxylic acids is 1. The van der Waals surface area contributed by atoms with Gasteiger partial charge < -0.3 is 13.9 Å². The van der Waals surface area contributed by atoms with Crippen LogP contribution in [0.25, 0.3) is 22.5 Å². The van der Waals surface area contributed by atoms with Gasteiger partial charge in [-0.05, 0) is 44.0 Å². The number of imidazole rings is 1. The van der Waals surface area contributed by atoms with Gasteiger partial charge in [0, 0.05) is 37.9 Å². The van der Waals surface area contributed by atoms with Crippen molar-refractivity contribution in [2.75, 3.05) is 13.1 Å². The minimum absolute atomic E-state index is 0.0615. The summed E-state index contributed by atoms with van der Waals surface area (Å²) in [5.41, 5.74) is 3.74. The summed E-state index contributed by atoms with van der Waals surface area (Å²) in [7, 11) is 0. The first-order valence-corrected chi connectivity index (χ1v) is 10.6. The molecule has 0 saturated carbocycles. The van der Waals surface area contributed by atoms with Gasteiger partial charge in [0.1, 0.15) is 0 Å². The SMILES string of the molecule is Cc1ccc(-c2nnc([C@@H]3CCCN(C(=O)CCn4cnc5ccccc54)C3)o2)cn1. The summed E-state index contributed by atoms with van der Waals surface area (Å²) in [5, 5.41) is 8.45. The normalized spacial score (nSPS) is 16.7. The quantitative estimate of drug-likeness (QED) is 0.494. The van der Waals surface area contributed by atoms with Gasteiger partial charge in [-0.1, -0.05) is 12.1 Å². The lowest BCUT2D eigenvalue weighted by Crippen LogP contribution is -2.39. The molecule has 1 aliphatic heterocycles. The Morgan fingerprint density at radius 2 is 2.06 bits per heavy atom. The highest BCUT2D eigenvalue weighted by molar-refractivity contribution is 5.77. The fourth-order valence-corrected chi connectivity index (χ4v) is 4.08. The van der Waals surface area contributed by atoms with Gasteiger partial charge in [0.05, 0.1) is 28.8 Å². The van der Waals surface area contributed by atoms with Crippen LogP contribution in [0.2, 0.25) is 0 Å². The minimum atomic E-state index is 0.0615. The van der Waals surface area contributed by atoms with Crippen molar-refractivity contribution >= 4 is 16.9 Å². The number of para-hydroxylation sites is 2. The highest BCUT2D eigenvalue weighted by Gasteiger charge is 2.28. The maximum atomic E-state index is 12.9. The Bertz CT molecular complexity index is 1200. The second-order valence-electron chi connectivity index (χ2n) is 7.99. The molecule has 1 amide bonds. The van der Waals surface area contributed by atoms with Crippen molar-refractivity contribution < 1.29 is 9.21 Å². The first-order valence-electron chi connectivity index (χ1n) is 10.6. The molecule has 0 N–H and O–H groups in total. The molecule has 1 atom stereocenters. The van der Waals surface area contributed by atoms with Gasteiger partial charge in [-0.25, -0.2) is 4.98 Å². The number of pyridine rings is 1. The number of nitrogens with zero attached hydrogens (tertiary/aromatic N) is 6. The third-order valence-corrected chi connectivity index (χ3v) is 5.82. The average molecular weight is 416 g/mol. The summed E-state index contributed by atoms with van der Waals surface area (Å²) in [5.74, 6) is 1.27. The lowest BCUT2D eigenvalue weighted by atomic mass is 9.98. The molecule has 31 heavy (non-hydrogen) atoms. The Hall–Kier alpha value is -3.55. The van der Waals surface area contributed by atoms with E-state index in [1.165, 1.54) is 0 Å². The molecule has 5 rings (SSSR count). The molecule has 3 aromatic heterocycles. The number of hydrogen-bond acceptors (Lipinski definition) is 6. The van der Waals surface area contributed by atoms with Crippen LogP contribution in [-0.4, -0.2) is 48.6 Å². The predicted octanol–water partition coefficient (Wildman–Crippen LogP) is 3.59. The zero-order valence-corrected chi connectivity index (χ0v) is 17.4. The van der Waals surface area contributed by atoms with E-state index in [1.54, 1.807) is 12.5 Å². The monoisotopic (exact) mass is 416 g/mol. The molecule has 0 spiro atoms. The molecular weight excluding hydrogens is 392 g/mol. The van der Waals surface area contributed by atoms with Gasteiger partial charge in [0.15, 0.2) is 0 Å². The highest BCUT2D eigenvalue weighted by Crippen LogP contribution is 2.28. The average Bonchev–Trinajstić information content (AvgIpc) is 3.46. The Balaban J connectivity index is 1.23. The van der Waals surface area contributed by atoms with Gasteiger partial charge >= 0.3 is 0 Å². The number of aryl methyl sites for hydroxylation is 2. The number of likely N-dealkylation sites (tertiary alicyclic amines) is 1. The Morgan fingerprint density at radius 1 is 1.16 bits per heavy atom. The zero-order valence-electron chi connectivity index (χ0n) is 17.4. The van der Waals surface area contributed by atoms with Crippen molar-refractivity contribution in [3.63, 3.8) is 0 Å². The lowest BCUT2D eigenvalue weighted by Gasteiger charge is -2.31. The topological polar surface area (TPSA) is 89.9 Å². The molecule has 8 nitrogen and oxygen atoms in total. The van der Waals surface area contributed by atoms with Gasteiger partial charge in [0.2, 0.25) is 17.7 Å². The van der Waals surface area contributed by atoms with Crippen LogP contribution in [0.15, 0.2) is 53.3 Å². The van der Waals surface area contributed by atoms with E-state index < -0.39 is 0 Å². The number of piperidine rings is 1. The van der Waals surface area contributed by atoms with E-state index in [0.717, 1.165) is 41.7 Å². The van der Waals surface area contributed by atoms with Crippen molar-refractivity contribution in [2.45, 2.75) is 38.6 Å². The lowest BCUT2D eigenvalue weighted by molar-refractivity contribution is -0.132. The fourth-order valence-electron chi connectivity index (χ4n) is 4.08. The van der Waals surface area contributed by atoms with E-state index in [4.69, 9.17) is 4.42 Å². The molecule has 0 radical (unpaired) electrons. The van der Waals surface area contributed by atoms with Crippen LogP contribution >= 0.6 is 0 Å². The van der Waals surface area contributed by atoms with Crippen LogP contribution in [0, 0.1) is 6.92 Å². The summed E-state index contributed by atoms with van der Waals surface area (Å²) < 4.78 is 7.97. The van der Waals surface area contributed by atoms with Gasteiger partial charge in [-0.3, -0.25) is 9.78 Å². The Labute approximate surface area is 179 Å². The molecule has 0 aliphatic carbocycles. The Morgan fingerprint density at radius 3 is 2.94 bits per heavy atom. The summed E-state index contributed by atoms with van der Waals surface area (Å²) in [6.07, 6.45) is 5.84. The number of carbonyl (C=O) groups is 1. The standard InChI is InChI=1S/C23H24N6O2/c1-16-8-9-17(13-24-16)22-26-27-23(31-22)18-5-4-11-28(14-18)21(30)10-12-29-15-25-19-6-2-3-7-20(19)29/h2-3,6-9,13,15,18H,4-5,10-12,14H2,1H3/t18-/m1/s1. The van der Waals surface area contributed by atoms with Crippen molar-refractivity contribution in [2.24, 2.45) is 0 Å². The van der Waals surface area contributed by atoms with E-state index in [9.17, 15) is 4.79 Å². The second kappa shape index (κ2) is 8.29. The van der Waals surface area contributed by atoms with Crippen molar-refractivity contribution in [1.29, 1.82) is 0 Å². The van der Waals surface area contributed by atoms with E-state index in [0.29, 0.717) is 31.3 Å². The van der Waals surface area contributed by atoms with Crippen LogP contribution in [0.3, 0.4) is 0 Å². The molecule has 1 saturated heterocycles. The minimum Gasteiger partial charge on any atom is -0.420 e. The van der Waals surface area contributed by atoms with E-state index in [-0.39, 0.29) is 11.8 Å². The number of aromatic nitrogens is 5. The molecule has 0 unspecified atom stereocenters. The third-order valence-electron chi connectivity index (χ3n) is 5.82. The molecule has 1 aliphatic rings. The van der Waals surface area contributed by atoms with Crippen molar-refractivity contribution in [1.82, 2.24) is 29.6 Å². The van der Waals surface area contributed by atoms with Crippen LogP contribution in [0.4, 0.5) is 0 Å². The maximum Gasteiger partial charge on any atom is 0.249 e. The number of rotatable bonds is 5. The van der Waals surface area contributed by atoms with Crippen molar-refractivity contribution in [3.05, 3.63) is 60.5 Å². The van der Waals surface area contributed by atoms with Gasteiger partial charge in [-0.15, -0.1) is 10.2 Å². The van der Waals surface area contributed by atoms with E-state index >= 15 is 0 Å².